The van der Waals surface area contributed by atoms with Gasteiger partial charge in [0.1, 0.15) is 5.82 Å². The average Bonchev–Trinajstić information content (AvgIpc) is 2.16. The molecule has 0 unspecified atom stereocenters. The van der Waals surface area contributed by atoms with Gasteiger partial charge in [-0.1, -0.05) is 0 Å². The third kappa shape index (κ3) is 2.42. The van der Waals surface area contributed by atoms with Gasteiger partial charge in [-0.25, -0.2) is 4.39 Å². The van der Waals surface area contributed by atoms with Crippen molar-refractivity contribution in [2.45, 2.75) is 4.90 Å². The van der Waals surface area contributed by atoms with Crippen molar-refractivity contribution in [2.24, 2.45) is 0 Å². The van der Waals surface area contributed by atoms with Gasteiger partial charge in [0.25, 0.3) is 0 Å². The van der Waals surface area contributed by atoms with Crippen LogP contribution in [0.25, 0.3) is 0 Å². The molecule has 0 fully saturated rings. The number of alkyl halides is 1. The van der Waals surface area contributed by atoms with E-state index in [1.807, 2.05) is 0 Å². The second kappa shape index (κ2) is 4.58. The number of ketones is 1. The van der Waals surface area contributed by atoms with E-state index in [0.717, 1.165) is 12.1 Å². The molecule has 0 aromatic heterocycles. The summed E-state index contributed by atoms with van der Waals surface area (Å²) in [5.74, 6) is -1.34. The molecule has 0 spiro atoms. The molecule has 5 heteroatoms. The van der Waals surface area contributed by atoms with E-state index in [9.17, 15) is 13.1 Å². The maximum Gasteiger partial charge on any atom is 0.178 e. The molecule has 0 amide bonds. The average molecular weight is 223 g/mol. The molecule has 70 valence electrons. The third-order valence-electron chi connectivity index (χ3n) is 1.45. The first-order chi connectivity index (χ1) is 6.19. The molecule has 1 aromatic carbocycles. The quantitative estimate of drug-likeness (QED) is 0.577. The van der Waals surface area contributed by atoms with Gasteiger partial charge in [0.05, 0.1) is 22.9 Å². The number of benzene rings is 1. The summed E-state index contributed by atoms with van der Waals surface area (Å²) in [6.45, 7) is 0. The minimum atomic E-state index is -0.578. The Morgan fingerprint density at radius 3 is 2.77 bits per heavy atom. The van der Waals surface area contributed by atoms with Gasteiger partial charge in [0, 0.05) is 5.56 Å². The van der Waals surface area contributed by atoms with Crippen LogP contribution >= 0.6 is 23.7 Å². The second-order valence-electron chi connectivity index (χ2n) is 2.27. The number of carbonyl (C=O) groups excluding carboxylic acids is 1. The molecule has 0 N–H and O–H groups in total. The first kappa shape index (κ1) is 10.5. The highest BCUT2D eigenvalue weighted by Gasteiger charge is 2.12. The Labute approximate surface area is 83.4 Å². The van der Waals surface area contributed by atoms with E-state index in [1.165, 1.54) is 6.07 Å². The van der Waals surface area contributed by atoms with Crippen LogP contribution in [0.3, 0.4) is 0 Å². The lowest BCUT2D eigenvalue weighted by Gasteiger charge is -2.01. The maximum absolute atomic E-state index is 12.7. The summed E-state index contributed by atoms with van der Waals surface area (Å²) in [5, 5.41) is 0. The summed E-state index contributed by atoms with van der Waals surface area (Å²) >= 11 is 5.17. The molecule has 0 radical (unpaired) electrons. The number of hydrogen-bond donors (Lipinski definition) is 0. The molecule has 0 saturated carbocycles. The molecule has 0 heterocycles. The van der Waals surface area contributed by atoms with Crippen LogP contribution in [0.5, 0.6) is 0 Å². The molecular weight excluding hydrogens is 218 g/mol. The Morgan fingerprint density at radius 2 is 2.23 bits per heavy atom. The summed E-state index contributed by atoms with van der Waals surface area (Å²) in [6.07, 6.45) is 0. The molecule has 13 heavy (non-hydrogen) atoms. The lowest BCUT2D eigenvalue weighted by atomic mass is 10.1. The van der Waals surface area contributed by atoms with Gasteiger partial charge in [-0.15, -0.1) is 11.6 Å². The van der Waals surface area contributed by atoms with Crippen molar-refractivity contribution in [3.05, 3.63) is 29.6 Å². The molecule has 0 saturated heterocycles. The standard InChI is InChI=1S/C8H5ClF2OS/c9-4-7(12)6-3-5(10)1-2-8(6)13-11/h1-3H,4H2. The number of Topliss-reactive ketones (excluding diaryl/α,β-unsaturated/α-hetero) is 1. The van der Waals surface area contributed by atoms with E-state index in [2.05, 4.69) is 0 Å². The Kier molecular flexibility index (Phi) is 3.69. The molecule has 0 aliphatic heterocycles. The van der Waals surface area contributed by atoms with E-state index in [4.69, 9.17) is 11.6 Å². The van der Waals surface area contributed by atoms with Crippen molar-refractivity contribution in [2.75, 3.05) is 5.88 Å². The van der Waals surface area contributed by atoms with Gasteiger partial charge in [-0.2, -0.15) is 3.89 Å². The van der Waals surface area contributed by atoms with Gasteiger partial charge < -0.3 is 0 Å². The van der Waals surface area contributed by atoms with Crippen LogP contribution in [0.4, 0.5) is 8.28 Å². The molecule has 0 bridgehead atoms. The van der Waals surface area contributed by atoms with Crippen LogP contribution in [0.2, 0.25) is 0 Å². The minimum absolute atomic E-state index is 0.0116. The molecule has 0 aliphatic carbocycles. The Morgan fingerprint density at radius 1 is 1.54 bits per heavy atom. The Hall–Kier alpha value is -0.610. The molecular formula is C8H5ClF2OS. The van der Waals surface area contributed by atoms with Crippen molar-refractivity contribution in [3.63, 3.8) is 0 Å². The van der Waals surface area contributed by atoms with E-state index in [0.29, 0.717) is 0 Å². The highest BCUT2D eigenvalue weighted by molar-refractivity contribution is 7.94. The summed E-state index contributed by atoms with van der Waals surface area (Å²) in [4.78, 5) is 11.2. The fraction of sp³-hybridized carbons (Fsp3) is 0.125. The number of hydrogen-bond acceptors (Lipinski definition) is 2. The van der Waals surface area contributed by atoms with Crippen LogP contribution < -0.4 is 0 Å². The van der Waals surface area contributed by atoms with Crippen LogP contribution in [0.15, 0.2) is 23.1 Å². The number of carbonyl (C=O) groups is 1. The SMILES string of the molecule is O=C(CCl)c1cc(F)ccc1SF. The zero-order chi connectivity index (χ0) is 9.84. The maximum atomic E-state index is 12.7. The van der Waals surface area contributed by atoms with E-state index >= 15 is 0 Å². The van der Waals surface area contributed by atoms with Crippen molar-refractivity contribution in [3.8, 4) is 0 Å². The van der Waals surface area contributed by atoms with Gasteiger partial charge in [-0.3, -0.25) is 4.79 Å². The van der Waals surface area contributed by atoms with Crippen LogP contribution in [0.1, 0.15) is 10.4 Å². The van der Waals surface area contributed by atoms with Crippen molar-refractivity contribution in [1.82, 2.24) is 0 Å². The highest BCUT2D eigenvalue weighted by atomic mass is 35.5. The van der Waals surface area contributed by atoms with Crippen LogP contribution in [-0.4, -0.2) is 11.7 Å². The smallest absolute Gasteiger partial charge is 0.178 e. The normalized spacial score (nSPS) is 10.1. The van der Waals surface area contributed by atoms with Crippen LogP contribution in [0, 0.1) is 5.82 Å². The zero-order valence-corrected chi connectivity index (χ0v) is 7.96. The van der Waals surface area contributed by atoms with E-state index < -0.39 is 11.6 Å². The predicted octanol–water partition coefficient (Wildman–Crippen LogP) is 3.22. The molecule has 1 aromatic rings. The fourth-order valence-corrected chi connectivity index (χ4v) is 1.38. The lowest BCUT2D eigenvalue weighted by Crippen LogP contribution is -2.02. The van der Waals surface area contributed by atoms with E-state index in [1.54, 1.807) is 0 Å². The largest absolute Gasteiger partial charge is 0.293 e. The topological polar surface area (TPSA) is 17.1 Å². The monoisotopic (exact) mass is 222 g/mol. The van der Waals surface area contributed by atoms with E-state index in [-0.39, 0.29) is 28.5 Å². The van der Waals surface area contributed by atoms with Gasteiger partial charge in [-0.05, 0) is 18.2 Å². The summed E-state index contributed by atoms with van der Waals surface area (Å²) in [6, 6.07) is 3.28. The lowest BCUT2D eigenvalue weighted by molar-refractivity contribution is 0.101. The number of rotatable bonds is 3. The van der Waals surface area contributed by atoms with Crippen molar-refractivity contribution < 1.29 is 13.1 Å². The molecule has 0 aliphatic rings. The van der Waals surface area contributed by atoms with Crippen molar-refractivity contribution >= 4 is 29.5 Å². The summed E-state index contributed by atoms with van der Waals surface area (Å²) in [7, 11) is 0. The molecule has 1 nitrogen and oxygen atoms in total. The van der Waals surface area contributed by atoms with Crippen LogP contribution in [-0.2, 0) is 0 Å². The zero-order valence-electron chi connectivity index (χ0n) is 6.39. The second-order valence-corrected chi connectivity index (χ2v) is 3.14. The number of halogens is 3. The summed E-state index contributed by atoms with van der Waals surface area (Å²) in [5.41, 5.74) is -0.0116. The van der Waals surface area contributed by atoms with Gasteiger partial charge >= 0.3 is 0 Å². The summed E-state index contributed by atoms with van der Waals surface area (Å²) < 4.78 is 24.9. The Bertz CT molecular complexity index is 330. The third-order valence-corrected chi connectivity index (χ3v) is 2.21. The van der Waals surface area contributed by atoms with Crippen molar-refractivity contribution in [1.29, 1.82) is 0 Å². The minimum Gasteiger partial charge on any atom is -0.293 e. The predicted molar refractivity (Wildman–Crippen MR) is 48.4 cm³/mol. The first-order valence-electron chi connectivity index (χ1n) is 3.36. The molecule has 1 rings (SSSR count). The first-order valence-corrected chi connectivity index (χ1v) is 4.61. The fourth-order valence-electron chi connectivity index (χ4n) is 0.859. The highest BCUT2D eigenvalue weighted by Crippen LogP contribution is 2.24. The van der Waals surface area contributed by atoms with Gasteiger partial charge in [0.15, 0.2) is 5.78 Å². The molecule has 0 atom stereocenters. The van der Waals surface area contributed by atoms with Gasteiger partial charge in [0.2, 0.25) is 0 Å². The Balaban J connectivity index is 3.15.